The van der Waals surface area contributed by atoms with Gasteiger partial charge in [-0.3, -0.25) is 9.89 Å². The summed E-state index contributed by atoms with van der Waals surface area (Å²) in [4.78, 5) is 12.4. The first-order valence-corrected chi connectivity index (χ1v) is 9.20. The molecule has 0 bridgehead atoms. The van der Waals surface area contributed by atoms with Gasteiger partial charge in [-0.25, -0.2) is 5.43 Å². The maximum absolute atomic E-state index is 12.4. The van der Waals surface area contributed by atoms with Crippen molar-refractivity contribution in [3.05, 3.63) is 88.0 Å². The number of amides is 1. The van der Waals surface area contributed by atoms with E-state index >= 15 is 0 Å². The molecule has 0 fully saturated rings. The maximum atomic E-state index is 12.4. The molecule has 2 N–H and O–H groups in total. The lowest BCUT2D eigenvalue weighted by Crippen LogP contribution is -2.18. The Morgan fingerprint density at radius 2 is 1.71 bits per heavy atom. The summed E-state index contributed by atoms with van der Waals surface area (Å²) < 4.78 is 0. The lowest BCUT2D eigenvalue weighted by atomic mass is 10.0. The number of rotatable bonds is 4. The molecule has 0 saturated carbocycles. The van der Waals surface area contributed by atoms with Gasteiger partial charge in [0.15, 0.2) is 0 Å². The molecular weight excluding hydrogens is 395 g/mol. The van der Waals surface area contributed by atoms with E-state index in [0.717, 1.165) is 16.3 Å². The van der Waals surface area contributed by atoms with Crippen molar-refractivity contribution in [2.75, 3.05) is 0 Å². The van der Waals surface area contributed by atoms with E-state index in [9.17, 15) is 4.79 Å². The Labute approximate surface area is 171 Å². The van der Waals surface area contributed by atoms with Crippen LogP contribution >= 0.6 is 23.2 Å². The Morgan fingerprint density at radius 1 is 1.00 bits per heavy atom. The first kappa shape index (κ1) is 18.2. The second-order valence-electron chi connectivity index (χ2n) is 6.03. The molecule has 4 aromatic rings. The third-order valence-electron chi connectivity index (χ3n) is 4.25. The van der Waals surface area contributed by atoms with Crippen LogP contribution in [0, 0.1) is 0 Å². The van der Waals surface area contributed by atoms with Crippen LogP contribution in [0.3, 0.4) is 0 Å². The SMILES string of the molecule is O=C(N/N=C/c1c(Cl)cccc1Cl)c1cc(-c2cccc3ccccc23)n[nH]1. The van der Waals surface area contributed by atoms with Crippen LogP contribution in [-0.2, 0) is 0 Å². The van der Waals surface area contributed by atoms with Gasteiger partial charge >= 0.3 is 0 Å². The predicted octanol–water partition coefficient (Wildman–Crippen LogP) is 5.30. The van der Waals surface area contributed by atoms with Crippen molar-refractivity contribution in [3.63, 3.8) is 0 Å². The van der Waals surface area contributed by atoms with Crippen molar-refractivity contribution in [1.29, 1.82) is 0 Å². The second kappa shape index (κ2) is 7.84. The molecule has 0 saturated heterocycles. The monoisotopic (exact) mass is 408 g/mol. The number of carbonyl (C=O) groups is 1. The summed E-state index contributed by atoms with van der Waals surface area (Å²) in [6.07, 6.45) is 1.41. The fourth-order valence-corrected chi connectivity index (χ4v) is 3.37. The molecule has 1 heterocycles. The van der Waals surface area contributed by atoms with Crippen LogP contribution in [0.2, 0.25) is 10.0 Å². The average molecular weight is 409 g/mol. The average Bonchev–Trinajstić information content (AvgIpc) is 3.20. The highest BCUT2D eigenvalue weighted by molar-refractivity contribution is 6.38. The Balaban J connectivity index is 1.54. The van der Waals surface area contributed by atoms with Crippen molar-refractivity contribution < 1.29 is 4.79 Å². The molecule has 0 unspecified atom stereocenters. The number of nitrogens with one attached hydrogen (secondary N) is 2. The fraction of sp³-hybridized carbons (Fsp3) is 0. The van der Waals surface area contributed by atoms with Gasteiger partial charge in [-0.15, -0.1) is 0 Å². The maximum Gasteiger partial charge on any atom is 0.289 e. The molecule has 3 aromatic carbocycles. The van der Waals surface area contributed by atoms with Crippen molar-refractivity contribution in [2.45, 2.75) is 0 Å². The molecule has 0 aliphatic rings. The van der Waals surface area contributed by atoms with E-state index in [-0.39, 0.29) is 0 Å². The molecule has 28 heavy (non-hydrogen) atoms. The van der Waals surface area contributed by atoms with E-state index in [2.05, 4.69) is 20.7 Å². The van der Waals surface area contributed by atoms with Gasteiger partial charge in [-0.1, -0.05) is 71.7 Å². The van der Waals surface area contributed by atoms with E-state index in [1.54, 1.807) is 24.3 Å². The number of H-pyrrole nitrogens is 1. The molecule has 7 heteroatoms. The van der Waals surface area contributed by atoms with E-state index in [1.165, 1.54) is 6.21 Å². The third kappa shape index (κ3) is 3.63. The van der Waals surface area contributed by atoms with Crippen LogP contribution in [0.25, 0.3) is 22.0 Å². The summed E-state index contributed by atoms with van der Waals surface area (Å²) in [5.41, 5.74) is 4.90. The molecule has 0 atom stereocenters. The molecule has 0 spiro atoms. The van der Waals surface area contributed by atoms with Crippen molar-refractivity contribution in [2.24, 2.45) is 5.10 Å². The molecule has 138 valence electrons. The van der Waals surface area contributed by atoms with Crippen LogP contribution in [0.5, 0.6) is 0 Å². The van der Waals surface area contributed by atoms with Gasteiger partial charge in [0.05, 0.1) is 22.0 Å². The first-order valence-electron chi connectivity index (χ1n) is 8.44. The zero-order valence-corrected chi connectivity index (χ0v) is 16.0. The van der Waals surface area contributed by atoms with Gasteiger partial charge < -0.3 is 0 Å². The molecule has 5 nitrogen and oxygen atoms in total. The summed E-state index contributed by atoms with van der Waals surface area (Å²) >= 11 is 12.2. The number of hydrogen-bond acceptors (Lipinski definition) is 3. The Hall–Kier alpha value is -3.15. The van der Waals surface area contributed by atoms with E-state index in [4.69, 9.17) is 23.2 Å². The number of aromatic amines is 1. The number of halogens is 2. The van der Waals surface area contributed by atoms with E-state index < -0.39 is 5.91 Å². The number of hydrogen-bond donors (Lipinski definition) is 2. The number of benzene rings is 3. The molecule has 0 radical (unpaired) electrons. The van der Waals surface area contributed by atoms with Gasteiger partial charge in [-0.05, 0) is 29.0 Å². The molecule has 0 aliphatic carbocycles. The highest BCUT2D eigenvalue weighted by Crippen LogP contribution is 2.27. The predicted molar refractivity (Wildman–Crippen MR) is 113 cm³/mol. The van der Waals surface area contributed by atoms with Crippen molar-refractivity contribution in [1.82, 2.24) is 15.6 Å². The Bertz CT molecular complexity index is 1170. The van der Waals surface area contributed by atoms with Gasteiger partial charge in [0.2, 0.25) is 0 Å². The summed E-state index contributed by atoms with van der Waals surface area (Å²) in [6.45, 7) is 0. The van der Waals surface area contributed by atoms with Crippen LogP contribution in [0.4, 0.5) is 0 Å². The molecule has 0 aliphatic heterocycles. The first-order chi connectivity index (χ1) is 13.6. The summed E-state index contributed by atoms with van der Waals surface area (Å²) in [7, 11) is 0. The molecule has 4 rings (SSSR count). The summed E-state index contributed by atoms with van der Waals surface area (Å²) in [5.74, 6) is -0.418. The van der Waals surface area contributed by atoms with Gasteiger partial charge in [0.1, 0.15) is 5.69 Å². The van der Waals surface area contributed by atoms with Crippen LogP contribution in [0.1, 0.15) is 16.1 Å². The molecule has 1 amide bonds. The minimum atomic E-state index is -0.418. The summed E-state index contributed by atoms with van der Waals surface area (Å²) in [6, 6.07) is 20.8. The Kier molecular flexibility index (Phi) is 5.10. The van der Waals surface area contributed by atoms with E-state index in [1.807, 2.05) is 42.5 Å². The Morgan fingerprint density at radius 3 is 2.54 bits per heavy atom. The van der Waals surface area contributed by atoms with Crippen LogP contribution < -0.4 is 5.43 Å². The zero-order valence-electron chi connectivity index (χ0n) is 14.5. The van der Waals surface area contributed by atoms with Crippen molar-refractivity contribution in [3.8, 4) is 11.3 Å². The minimum Gasteiger partial charge on any atom is -0.272 e. The topological polar surface area (TPSA) is 70.1 Å². The van der Waals surface area contributed by atoms with Gasteiger partial charge in [0.25, 0.3) is 5.91 Å². The lowest BCUT2D eigenvalue weighted by molar-refractivity contribution is 0.0950. The highest BCUT2D eigenvalue weighted by Gasteiger charge is 2.12. The van der Waals surface area contributed by atoms with Crippen LogP contribution in [0.15, 0.2) is 71.8 Å². The standard InChI is InChI=1S/C21H14Cl2N4O/c22-17-9-4-10-18(23)16(17)12-24-27-21(28)20-11-19(25-26-20)15-8-3-6-13-5-1-2-7-14(13)15/h1-12H,(H,25,26)(H,27,28)/b24-12+. The summed E-state index contributed by atoms with van der Waals surface area (Å²) in [5, 5.41) is 14.0. The lowest BCUT2D eigenvalue weighted by Gasteiger charge is -2.02. The van der Waals surface area contributed by atoms with Gasteiger partial charge in [0, 0.05) is 11.1 Å². The highest BCUT2D eigenvalue weighted by atomic mass is 35.5. The normalized spacial score (nSPS) is 11.2. The fourth-order valence-electron chi connectivity index (χ4n) is 2.87. The number of hydrazone groups is 1. The second-order valence-corrected chi connectivity index (χ2v) is 6.84. The number of nitrogens with zero attached hydrogens (tertiary/aromatic N) is 2. The quantitative estimate of drug-likeness (QED) is 0.355. The minimum absolute atomic E-state index is 0.297. The largest absolute Gasteiger partial charge is 0.289 e. The van der Waals surface area contributed by atoms with E-state index in [0.29, 0.717) is 27.0 Å². The third-order valence-corrected chi connectivity index (χ3v) is 4.91. The number of carbonyl (C=O) groups excluding carboxylic acids is 1. The number of fused-ring (bicyclic) bond motifs is 1. The number of aromatic nitrogens is 2. The molecule has 1 aromatic heterocycles. The van der Waals surface area contributed by atoms with Crippen molar-refractivity contribution >= 4 is 46.1 Å². The smallest absolute Gasteiger partial charge is 0.272 e. The zero-order chi connectivity index (χ0) is 19.5. The van der Waals surface area contributed by atoms with Gasteiger partial charge in [-0.2, -0.15) is 10.2 Å². The van der Waals surface area contributed by atoms with Crippen LogP contribution in [-0.4, -0.2) is 22.3 Å². The molecular formula is C21H14Cl2N4O.